The first-order valence-electron chi connectivity index (χ1n) is 7.14. The topological polar surface area (TPSA) is 22.0 Å². The number of aromatic nitrogens is 1. The van der Waals surface area contributed by atoms with E-state index < -0.39 is 0 Å². The molecule has 0 bridgehead atoms. The van der Waals surface area contributed by atoms with Crippen LogP contribution in [0.4, 0.5) is 0 Å². The van der Waals surface area contributed by atoms with Crippen molar-refractivity contribution in [3.05, 3.63) is 81.2 Å². The lowest BCUT2D eigenvalue weighted by atomic mass is 10.2. The Balaban J connectivity index is 2.10. The van der Waals surface area contributed by atoms with Crippen molar-refractivity contribution >= 4 is 59.6 Å². The highest BCUT2D eigenvalue weighted by atomic mass is 79.9. The normalized spacial score (nSPS) is 11.2. The van der Waals surface area contributed by atoms with E-state index in [2.05, 4.69) is 44.0 Å². The Morgan fingerprint density at radius 3 is 1.78 bits per heavy atom. The number of nitrogens with zero attached hydrogens (tertiary/aromatic N) is 1. The minimum absolute atomic E-state index is 0.0183. The molecule has 0 amide bonds. The van der Waals surface area contributed by atoms with Gasteiger partial charge in [-0.3, -0.25) is 9.36 Å². The van der Waals surface area contributed by atoms with Crippen molar-refractivity contribution in [2.75, 3.05) is 0 Å². The predicted molar refractivity (Wildman–Crippen MR) is 101 cm³/mol. The van der Waals surface area contributed by atoms with E-state index in [0.717, 1.165) is 30.8 Å². The smallest absolute Gasteiger partial charge is 0.262 e. The van der Waals surface area contributed by atoms with Gasteiger partial charge in [-0.15, -0.1) is 0 Å². The Kier molecular flexibility index (Phi) is 3.58. The molecule has 2 nitrogen and oxygen atoms in total. The van der Waals surface area contributed by atoms with E-state index in [9.17, 15) is 4.79 Å². The average Bonchev–Trinajstić information content (AvgIpc) is 2.88. The van der Waals surface area contributed by atoms with Gasteiger partial charge in [0.05, 0.1) is 11.0 Å². The van der Waals surface area contributed by atoms with E-state index in [1.165, 1.54) is 0 Å². The minimum Gasteiger partial charge on any atom is -0.276 e. The Bertz CT molecular complexity index is 992. The van der Waals surface area contributed by atoms with Crippen LogP contribution in [0.5, 0.6) is 0 Å². The third-order valence-corrected chi connectivity index (χ3v) is 4.90. The maximum atomic E-state index is 13.0. The molecule has 0 unspecified atom stereocenters. The van der Waals surface area contributed by atoms with Crippen LogP contribution < -0.4 is 0 Å². The molecule has 1 heterocycles. The van der Waals surface area contributed by atoms with E-state index in [1.807, 2.05) is 54.6 Å². The molecule has 1 aromatic heterocycles. The summed E-state index contributed by atoms with van der Waals surface area (Å²) in [5.74, 6) is -0.0183. The fourth-order valence-corrected chi connectivity index (χ4v) is 3.62. The average molecular weight is 429 g/mol. The van der Waals surface area contributed by atoms with Gasteiger partial charge in [-0.1, -0.05) is 50.1 Å². The van der Waals surface area contributed by atoms with Gasteiger partial charge in [-0.05, 0) is 48.5 Å². The molecule has 0 atom stereocenters. The molecule has 0 aliphatic heterocycles. The SMILES string of the molecule is O=C(c1ccccc1)n1c2ccc(Br)cc2c2cc(Br)ccc21. The molecule has 0 N–H and O–H groups in total. The molecule has 0 aliphatic carbocycles. The second-order valence-electron chi connectivity index (χ2n) is 5.33. The molecule has 4 aromatic rings. The molecule has 4 heteroatoms. The zero-order valence-electron chi connectivity index (χ0n) is 12.0. The predicted octanol–water partition coefficient (Wildman–Crippen LogP) is 6.01. The quantitative estimate of drug-likeness (QED) is 0.364. The fraction of sp³-hybridized carbons (Fsp3) is 0. The number of hydrogen-bond donors (Lipinski definition) is 0. The van der Waals surface area contributed by atoms with Crippen molar-refractivity contribution < 1.29 is 4.79 Å². The molecule has 0 aliphatic rings. The van der Waals surface area contributed by atoms with E-state index in [4.69, 9.17) is 0 Å². The molecule has 0 saturated heterocycles. The van der Waals surface area contributed by atoms with E-state index in [0.29, 0.717) is 5.56 Å². The summed E-state index contributed by atoms with van der Waals surface area (Å²) in [6, 6.07) is 21.4. The van der Waals surface area contributed by atoms with Gasteiger partial charge in [0.2, 0.25) is 0 Å². The summed E-state index contributed by atoms with van der Waals surface area (Å²) < 4.78 is 3.78. The lowest BCUT2D eigenvalue weighted by molar-refractivity contribution is 0.0969. The van der Waals surface area contributed by atoms with Gasteiger partial charge in [0.1, 0.15) is 0 Å². The summed E-state index contributed by atoms with van der Waals surface area (Å²) in [7, 11) is 0. The molecular formula is C19H11Br2NO. The minimum atomic E-state index is -0.0183. The highest BCUT2D eigenvalue weighted by molar-refractivity contribution is 9.10. The number of benzene rings is 3. The van der Waals surface area contributed by atoms with Crippen LogP contribution in [0, 0.1) is 0 Å². The highest BCUT2D eigenvalue weighted by Crippen LogP contribution is 2.33. The Hall–Kier alpha value is -1.91. The van der Waals surface area contributed by atoms with Crippen LogP contribution >= 0.6 is 31.9 Å². The maximum absolute atomic E-state index is 13.0. The van der Waals surface area contributed by atoms with E-state index in [-0.39, 0.29) is 5.91 Å². The van der Waals surface area contributed by atoms with Crippen molar-refractivity contribution in [1.82, 2.24) is 4.57 Å². The highest BCUT2D eigenvalue weighted by Gasteiger charge is 2.17. The molecule has 0 fully saturated rings. The van der Waals surface area contributed by atoms with Crippen LogP contribution in [-0.2, 0) is 0 Å². The van der Waals surface area contributed by atoms with E-state index in [1.54, 1.807) is 4.57 Å². The van der Waals surface area contributed by atoms with Gasteiger partial charge in [-0.2, -0.15) is 0 Å². The standard InChI is InChI=1S/C19H11Br2NO/c20-13-6-8-17-15(10-13)16-11-14(21)7-9-18(16)22(17)19(23)12-4-2-1-3-5-12/h1-11H. The van der Waals surface area contributed by atoms with Crippen LogP contribution in [-0.4, -0.2) is 10.5 Å². The van der Waals surface area contributed by atoms with Crippen LogP contribution in [0.1, 0.15) is 10.4 Å². The molecule has 0 saturated carbocycles. The van der Waals surface area contributed by atoms with Crippen molar-refractivity contribution in [2.45, 2.75) is 0 Å². The van der Waals surface area contributed by atoms with Crippen molar-refractivity contribution in [3.8, 4) is 0 Å². The first-order valence-corrected chi connectivity index (χ1v) is 8.73. The number of carbonyl (C=O) groups excluding carboxylic acids is 1. The third-order valence-electron chi connectivity index (χ3n) is 3.91. The summed E-state index contributed by atoms with van der Waals surface area (Å²) >= 11 is 7.04. The van der Waals surface area contributed by atoms with Gasteiger partial charge in [-0.25, -0.2) is 0 Å². The zero-order valence-corrected chi connectivity index (χ0v) is 15.1. The Morgan fingerprint density at radius 1 is 0.739 bits per heavy atom. The summed E-state index contributed by atoms with van der Waals surface area (Å²) in [6.45, 7) is 0. The van der Waals surface area contributed by atoms with Crippen LogP contribution in [0.15, 0.2) is 75.7 Å². The lowest BCUT2D eigenvalue weighted by Gasteiger charge is -2.06. The van der Waals surface area contributed by atoms with Gasteiger partial charge in [0, 0.05) is 25.3 Å². The van der Waals surface area contributed by atoms with Crippen molar-refractivity contribution in [1.29, 1.82) is 0 Å². The number of halogens is 2. The Labute approximate surface area is 150 Å². The van der Waals surface area contributed by atoms with Crippen LogP contribution in [0.2, 0.25) is 0 Å². The van der Waals surface area contributed by atoms with Gasteiger partial charge in [0.25, 0.3) is 5.91 Å². The maximum Gasteiger partial charge on any atom is 0.262 e. The number of fused-ring (bicyclic) bond motifs is 3. The first kappa shape index (κ1) is 14.7. The molecule has 4 rings (SSSR count). The molecule has 112 valence electrons. The zero-order chi connectivity index (χ0) is 16.0. The summed E-state index contributed by atoms with van der Waals surface area (Å²) in [5.41, 5.74) is 2.50. The number of rotatable bonds is 1. The summed E-state index contributed by atoms with van der Waals surface area (Å²) in [6.07, 6.45) is 0. The fourth-order valence-electron chi connectivity index (χ4n) is 2.90. The third kappa shape index (κ3) is 2.42. The van der Waals surface area contributed by atoms with Crippen molar-refractivity contribution in [3.63, 3.8) is 0 Å². The molecule has 3 aromatic carbocycles. The van der Waals surface area contributed by atoms with Crippen molar-refractivity contribution in [2.24, 2.45) is 0 Å². The largest absolute Gasteiger partial charge is 0.276 e. The Morgan fingerprint density at radius 2 is 1.26 bits per heavy atom. The second kappa shape index (κ2) is 5.62. The van der Waals surface area contributed by atoms with Crippen LogP contribution in [0.25, 0.3) is 21.8 Å². The molecule has 23 heavy (non-hydrogen) atoms. The molecular weight excluding hydrogens is 418 g/mol. The summed E-state index contributed by atoms with van der Waals surface area (Å²) in [5, 5.41) is 2.11. The summed E-state index contributed by atoms with van der Waals surface area (Å²) in [4.78, 5) is 13.0. The monoisotopic (exact) mass is 427 g/mol. The number of carbonyl (C=O) groups is 1. The van der Waals surface area contributed by atoms with E-state index >= 15 is 0 Å². The molecule has 0 radical (unpaired) electrons. The number of hydrogen-bond acceptors (Lipinski definition) is 1. The molecule has 0 spiro atoms. The van der Waals surface area contributed by atoms with Gasteiger partial charge < -0.3 is 0 Å². The van der Waals surface area contributed by atoms with Crippen LogP contribution in [0.3, 0.4) is 0 Å². The van der Waals surface area contributed by atoms with Gasteiger partial charge >= 0.3 is 0 Å². The lowest BCUT2D eigenvalue weighted by Crippen LogP contribution is -2.11. The first-order chi connectivity index (χ1) is 11.1. The second-order valence-corrected chi connectivity index (χ2v) is 7.16. The van der Waals surface area contributed by atoms with Gasteiger partial charge in [0.15, 0.2) is 0 Å².